The average Bonchev–Trinajstić information content (AvgIpc) is 2.78. The summed E-state index contributed by atoms with van der Waals surface area (Å²) < 4.78 is 0. The second kappa shape index (κ2) is 5.14. The Kier molecular flexibility index (Phi) is 3.58. The molecule has 0 saturated carbocycles. The molecule has 84 valence electrons. The molecule has 1 aliphatic heterocycles. The van der Waals surface area contributed by atoms with Crippen LogP contribution in [-0.4, -0.2) is 18.0 Å². The SMILES string of the molecule is C[C@H](c1ccccc1)N1CCC(CC#N)C1. The number of hydrogen-bond donors (Lipinski definition) is 0. The van der Waals surface area contributed by atoms with E-state index in [1.807, 2.05) is 0 Å². The Morgan fingerprint density at radius 3 is 2.88 bits per heavy atom. The highest BCUT2D eigenvalue weighted by molar-refractivity contribution is 5.18. The number of benzene rings is 1. The topological polar surface area (TPSA) is 27.0 Å². The molecular weight excluding hydrogens is 196 g/mol. The third-order valence-electron chi connectivity index (χ3n) is 3.53. The minimum atomic E-state index is 0.477. The van der Waals surface area contributed by atoms with Crippen LogP contribution in [0.3, 0.4) is 0 Å². The van der Waals surface area contributed by atoms with Crippen LogP contribution in [0.5, 0.6) is 0 Å². The van der Waals surface area contributed by atoms with Crippen molar-refractivity contribution in [2.45, 2.75) is 25.8 Å². The largest absolute Gasteiger partial charge is 0.296 e. The highest BCUT2D eigenvalue weighted by Crippen LogP contribution is 2.28. The lowest BCUT2D eigenvalue weighted by Crippen LogP contribution is -2.24. The molecule has 0 amide bonds. The molecule has 0 spiro atoms. The smallest absolute Gasteiger partial charge is 0.0625 e. The minimum absolute atomic E-state index is 0.477. The van der Waals surface area contributed by atoms with Crippen LogP contribution in [0, 0.1) is 17.2 Å². The van der Waals surface area contributed by atoms with Crippen LogP contribution in [0.15, 0.2) is 30.3 Å². The van der Waals surface area contributed by atoms with E-state index in [0.29, 0.717) is 18.4 Å². The summed E-state index contributed by atoms with van der Waals surface area (Å²) >= 11 is 0. The number of nitriles is 1. The van der Waals surface area contributed by atoms with Crippen molar-refractivity contribution in [3.05, 3.63) is 35.9 Å². The van der Waals surface area contributed by atoms with Crippen LogP contribution >= 0.6 is 0 Å². The quantitative estimate of drug-likeness (QED) is 0.773. The van der Waals surface area contributed by atoms with Crippen LogP contribution in [-0.2, 0) is 0 Å². The van der Waals surface area contributed by atoms with Gasteiger partial charge in [-0.1, -0.05) is 30.3 Å². The van der Waals surface area contributed by atoms with E-state index >= 15 is 0 Å². The summed E-state index contributed by atoms with van der Waals surface area (Å²) in [6, 6.07) is 13.4. The molecule has 2 rings (SSSR count). The summed E-state index contributed by atoms with van der Waals surface area (Å²) in [5.41, 5.74) is 1.38. The van der Waals surface area contributed by atoms with Crippen molar-refractivity contribution in [2.75, 3.05) is 13.1 Å². The zero-order valence-corrected chi connectivity index (χ0v) is 9.76. The first kappa shape index (κ1) is 11.2. The van der Waals surface area contributed by atoms with Crippen molar-refractivity contribution < 1.29 is 0 Å². The molecule has 0 aliphatic carbocycles. The van der Waals surface area contributed by atoms with Gasteiger partial charge in [-0.3, -0.25) is 4.90 Å². The lowest BCUT2D eigenvalue weighted by Gasteiger charge is -2.24. The molecule has 0 radical (unpaired) electrons. The summed E-state index contributed by atoms with van der Waals surface area (Å²) in [6.07, 6.45) is 1.88. The van der Waals surface area contributed by atoms with E-state index in [0.717, 1.165) is 13.1 Å². The first-order chi connectivity index (χ1) is 7.81. The number of rotatable bonds is 3. The average molecular weight is 214 g/mol. The molecule has 1 aliphatic rings. The van der Waals surface area contributed by atoms with E-state index in [4.69, 9.17) is 5.26 Å². The lowest BCUT2D eigenvalue weighted by atomic mass is 10.1. The monoisotopic (exact) mass is 214 g/mol. The van der Waals surface area contributed by atoms with Crippen LogP contribution in [0.25, 0.3) is 0 Å². The van der Waals surface area contributed by atoms with Gasteiger partial charge >= 0.3 is 0 Å². The van der Waals surface area contributed by atoms with Gasteiger partial charge in [0, 0.05) is 19.0 Å². The molecule has 1 saturated heterocycles. The van der Waals surface area contributed by atoms with Gasteiger partial charge in [0.2, 0.25) is 0 Å². The summed E-state index contributed by atoms with van der Waals surface area (Å²) in [6.45, 7) is 4.45. The van der Waals surface area contributed by atoms with Crippen molar-refractivity contribution in [3.8, 4) is 6.07 Å². The molecule has 0 N–H and O–H groups in total. The van der Waals surface area contributed by atoms with Crippen molar-refractivity contribution in [2.24, 2.45) is 5.92 Å². The van der Waals surface area contributed by atoms with Crippen LogP contribution in [0.4, 0.5) is 0 Å². The fourth-order valence-corrected chi connectivity index (χ4v) is 2.45. The molecule has 0 bridgehead atoms. The molecule has 16 heavy (non-hydrogen) atoms. The van der Waals surface area contributed by atoms with Crippen LogP contribution in [0.1, 0.15) is 31.4 Å². The Morgan fingerprint density at radius 2 is 2.19 bits per heavy atom. The second-order valence-corrected chi connectivity index (χ2v) is 4.60. The van der Waals surface area contributed by atoms with Crippen molar-refractivity contribution in [1.82, 2.24) is 4.90 Å². The van der Waals surface area contributed by atoms with Gasteiger partial charge in [0.15, 0.2) is 0 Å². The predicted molar refractivity (Wildman–Crippen MR) is 64.8 cm³/mol. The first-order valence-electron chi connectivity index (χ1n) is 5.97. The summed E-state index contributed by atoms with van der Waals surface area (Å²) in [4.78, 5) is 2.48. The second-order valence-electron chi connectivity index (χ2n) is 4.60. The van der Waals surface area contributed by atoms with E-state index in [1.165, 1.54) is 12.0 Å². The summed E-state index contributed by atoms with van der Waals surface area (Å²) in [7, 11) is 0. The number of likely N-dealkylation sites (tertiary alicyclic amines) is 1. The molecule has 1 aromatic carbocycles. The Bertz CT molecular complexity index is 366. The normalized spacial score (nSPS) is 22.9. The maximum absolute atomic E-state index is 8.70. The van der Waals surface area contributed by atoms with Crippen LogP contribution < -0.4 is 0 Å². The Morgan fingerprint density at radius 1 is 1.44 bits per heavy atom. The molecule has 1 aromatic rings. The number of nitrogens with zero attached hydrogens (tertiary/aromatic N) is 2. The third-order valence-corrected chi connectivity index (χ3v) is 3.53. The van der Waals surface area contributed by atoms with E-state index in [-0.39, 0.29) is 0 Å². The van der Waals surface area contributed by atoms with E-state index in [2.05, 4.69) is 48.2 Å². The van der Waals surface area contributed by atoms with Gasteiger partial charge in [0.1, 0.15) is 0 Å². The van der Waals surface area contributed by atoms with E-state index < -0.39 is 0 Å². The minimum Gasteiger partial charge on any atom is -0.296 e. The highest BCUT2D eigenvalue weighted by atomic mass is 15.2. The Balaban J connectivity index is 1.97. The van der Waals surface area contributed by atoms with Crippen molar-refractivity contribution in [3.63, 3.8) is 0 Å². The lowest BCUT2D eigenvalue weighted by molar-refractivity contribution is 0.253. The van der Waals surface area contributed by atoms with Crippen molar-refractivity contribution in [1.29, 1.82) is 5.26 Å². The van der Waals surface area contributed by atoms with Gasteiger partial charge in [-0.25, -0.2) is 0 Å². The first-order valence-corrected chi connectivity index (χ1v) is 5.97. The van der Waals surface area contributed by atoms with Gasteiger partial charge in [-0.05, 0) is 31.4 Å². The standard InChI is InChI=1S/C14H18N2/c1-12(14-5-3-2-4-6-14)16-10-8-13(11-16)7-9-15/h2-6,12-13H,7-8,10-11H2,1H3/t12-,13?/m1/s1. The zero-order chi connectivity index (χ0) is 11.4. The molecule has 2 heteroatoms. The molecular formula is C14H18N2. The summed E-state index contributed by atoms with van der Waals surface area (Å²) in [5, 5.41) is 8.70. The molecule has 1 fully saturated rings. The maximum Gasteiger partial charge on any atom is 0.0625 e. The van der Waals surface area contributed by atoms with Crippen LogP contribution in [0.2, 0.25) is 0 Å². The zero-order valence-electron chi connectivity index (χ0n) is 9.76. The molecule has 1 unspecified atom stereocenters. The maximum atomic E-state index is 8.70. The van der Waals surface area contributed by atoms with E-state index in [1.54, 1.807) is 0 Å². The van der Waals surface area contributed by atoms with Gasteiger partial charge in [-0.2, -0.15) is 5.26 Å². The van der Waals surface area contributed by atoms with Gasteiger partial charge in [-0.15, -0.1) is 0 Å². The third kappa shape index (κ3) is 2.43. The Labute approximate surface area is 97.5 Å². The van der Waals surface area contributed by atoms with E-state index in [9.17, 15) is 0 Å². The van der Waals surface area contributed by atoms with Gasteiger partial charge < -0.3 is 0 Å². The summed E-state index contributed by atoms with van der Waals surface area (Å²) in [5.74, 6) is 0.580. The molecule has 2 nitrogen and oxygen atoms in total. The fourth-order valence-electron chi connectivity index (χ4n) is 2.45. The molecule has 2 atom stereocenters. The van der Waals surface area contributed by atoms with Crippen molar-refractivity contribution >= 4 is 0 Å². The fraction of sp³-hybridized carbons (Fsp3) is 0.500. The Hall–Kier alpha value is -1.33. The predicted octanol–water partition coefficient (Wildman–Crippen LogP) is 2.98. The number of hydrogen-bond acceptors (Lipinski definition) is 2. The van der Waals surface area contributed by atoms with Gasteiger partial charge in [0.05, 0.1) is 6.07 Å². The van der Waals surface area contributed by atoms with Gasteiger partial charge in [0.25, 0.3) is 0 Å². The highest BCUT2D eigenvalue weighted by Gasteiger charge is 2.26. The molecule has 0 aromatic heterocycles. The molecule has 1 heterocycles.